The maximum Gasteiger partial charge on any atom is 0.293 e. The Kier molecular flexibility index (Phi) is 6.57. The molecule has 0 aliphatic carbocycles. The third kappa shape index (κ3) is 4.17. The molecule has 2 saturated heterocycles. The van der Waals surface area contributed by atoms with Crippen LogP contribution in [0.1, 0.15) is 5.56 Å². The van der Waals surface area contributed by atoms with Gasteiger partial charge in [0.15, 0.2) is 17.8 Å². The first kappa shape index (κ1) is 22.1. The molecule has 0 saturated carbocycles. The average Bonchev–Trinajstić information content (AvgIpc) is 2.99. The smallest absolute Gasteiger partial charge is 0.293 e. The lowest BCUT2D eigenvalue weighted by Crippen LogP contribution is -2.62. The molecule has 2 aliphatic rings. The van der Waals surface area contributed by atoms with Crippen molar-refractivity contribution in [3.8, 4) is 5.95 Å². The molecule has 3 rings (SSSR count). The van der Waals surface area contributed by atoms with E-state index in [1.165, 1.54) is 13.0 Å². The van der Waals surface area contributed by atoms with Gasteiger partial charge >= 0.3 is 0 Å². The molecular weight excluding hydrogens is 396 g/mol. The standard InChI is InChI=1S/C17H24O12/c1-7-8(20)2-3-25-14(7)29-15-12(11(22)10(21)9(4-18)27-15)28-16-13(23)17(24,5-19)6-26-16/h2-3,9-13,15-16,18-19,21-24H,4-6H2,1H3/t9-,10-,11+,12-,13+,15+,16-,17-/m1/s1. The zero-order chi connectivity index (χ0) is 21.3. The summed E-state index contributed by atoms with van der Waals surface area (Å²) in [4.78, 5) is 11.8. The maximum atomic E-state index is 11.8. The fourth-order valence-electron chi connectivity index (χ4n) is 3.05. The molecule has 0 bridgehead atoms. The van der Waals surface area contributed by atoms with E-state index in [0.29, 0.717) is 0 Å². The minimum absolute atomic E-state index is 0.0998. The van der Waals surface area contributed by atoms with E-state index < -0.39 is 68.5 Å². The molecule has 1 aromatic heterocycles. The van der Waals surface area contributed by atoms with E-state index in [2.05, 4.69) is 0 Å². The summed E-state index contributed by atoms with van der Waals surface area (Å²) in [5.41, 5.74) is -2.26. The minimum Gasteiger partial charge on any atom is -0.434 e. The van der Waals surface area contributed by atoms with Gasteiger partial charge in [-0.3, -0.25) is 4.79 Å². The maximum absolute atomic E-state index is 11.8. The number of aliphatic hydroxyl groups is 6. The van der Waals surface area contributed by atoms with Gasteiger partial charge in [-0.2, -0.15) is 0 Å². The highest BCUT2D eigenvalue weighted by Gasteiger charge is 2.53. The zero-order valence-electron chi connectivity index (χ0n) is 15.5. The molecule has 1 aromatic rings. The van der Waals surface area contributed by atoms with E-state index in [1.54, 1.807) is 0 Å². The fraction of sp³-hybridized carbons (Fsp3) is 0.706. The van der Waals surface area contributed by atoms with E-state index in [0.717, 1.165) is 6.26 Å². The lowest BCUT2D eigenvalue weighted by Gasteiger charge is -2.42. The number of hydrogen-bond donors (Lipinski definition) is 6. The molecule has 0 aromatic carbocycles. The second kappa shape index (κ2) is 8.63. The topological polar surface area (TPSA) is 189 Å². The molecule has 2 fully saturated rings. The highest BCUT2D eigenvalue weighted by molar-refractivity contribution is 5.20. The number of rotatable bonds is 6. The summed E-state index contributed by atoms with van der Waals surface area (Å²) in [6.07, 6.45) is -9.55. The van der Waals surface area contributed by atoms with Crippen molar-refractivity contribution in [2.24, 2.45) is 0 Å². The Morgan fingerprint density at radius 1 is 1.21 bits per heavy atom. The first-order valence-corrected chi connectivity index (χ1v) is 8.87. The first-order valence-electron chi connectivity index (χ1n) is 8.87. The van der Waals surface area contributed by atoms with Crippen molar-refractivity contribution in [1.29, 1.82) is 0 Å². The van der Waals surface area contributed by atoms with Crippen LogP contribution in [0, 0.1) is 6.92 Å². The van der Waals surface area contributed by atoms with Crippen LogP contribution in [-0.2, 0) is 14.2 Å². The van der Waals surface area contributed by atoms with Crippen molar-refractivity contribution in [3.05, 3.63) is 28.1 Å². The molecule has 12 nitrogen and oxygen atoms in total. The molecule has 0 radical (unpaired) electrons. The summed E-state index contributed by atoms with van der Waals surface area (Å²) in [5, 5.41) is 59.4. The van der Waals surface area contributed by atoms with Gasteiger partial charge in [0.2, 0.25) is 6.29 Å². The minimum atomic E-state index is -1.98. The molecule has 164 valence electrons. The van der Waals surface area contributed by atoms with Crippen LogP contribution in [0.25, 0.3) is 0 Å². The van der Waals surface area contributed by atoms with Crippen LogP contribution in [0.5, 0.6) is 5.95 Å². The zero-order valence-corrected chi connectivity index (χ0v) is 15.5. The average molecular weight is 420 g/mol. The Morgan fingerprint density at radius 3 is 2.55 bits per heavy atom. The van der Waals surface area contributed by atoms with Crippen LogP contribution in [-0.4, -0.2) is 99.2 Å². The van der Waals surface area contributed by atoms with Gasteiger partial charge < -0.3 is 54.0 Å². The highest BCUT2D eigenvalue weighted by Crippen LogP contribution is 2.32. The van der Waals surface area contributed by atoms with Crippen molar-refractivity contribution in [3.63, 3.8) is 0 Å². The van der Waals surface area contributed by atoms with E-state index in [-0.39, 0.29) is 16.9 Å². The van der Waals surface area contributed by atoms with E-state index in [1.807, 2.05) is 0 Å². The third-order valence-corrected chi connectivity index (χ3v) is 4.99. The highest BCUT2D eigenvalue weighted by atomic mass is 16.8. The van der Waals surface area contributed by atoms with Gasteiger partial charge in [0.05, 0.1) is 31.6 Å². The molecule has 2 aliphatic heterocycles. The Morgan fingerprint density at radius 2 is 1.93 bits per heavy atom. The second-order valence-corrected chi connectivity index (χ2v) is 7.01. The number of hydrogen-bond acceptors (Lipinski definition) is 12. The Hall–Kier alpha value is -1.61. The number of ether oxygens (including phenoxy) is 4. The van der Waals surface area contributed by atoms with Crippen LogP contribution in [0.4, 0.5) is 0 Å². The molecule has 0 spiro atoms. The summed E-state index contributed by atoms with van der Waals surface area (Å²) in [7, 11) is 0. The van der Waals surface area contributed by atoms with Crippen LogP contribution in [0.2, 0.25) is 0 Å². The van der Waals surface area contributed by atoms with Crippen LogP contribution in [0.3, 0.4) is 0 Å². The second-order valence-electron chi connectivity index (χ2n) is 7.01. The molecule has 8 atom stereocenters. The van der Waals surface area contributed by atoms with Crippen LogP contribution < -0.4 is 10.2 Å². The Balaban J connectivity index is 1.84. The van der Waals surface area contributed by atoms with Crippen molar-refractivity contribution < 1.29 is 54.0 Å². The van der Waals surface area contributed by atoms with Crippen LogP contribution in [0.15, 0.2) is 21.5 Å². The van der Waals surface area contributed by atoms with Crippen molar-refractivity contribution in [1.82, 2.24) is 0 Å². The molecule has 0 unspecified atom stereocenters. The van der Waals surface area contributed by atoms with E-state index >= 15 is 0 Å². The lowest BCUT2D eigenvalue weighted by molar-refractivity contribution is -0.320. The van der Waals surface area contributed by atoms with Gasteiger partial charge in [-0.25, -0.2) is 0 Å². The summed E-state index contributed by atoms with van der Waals surface area (Å²) in [6.45, 7) is -0.477. The van der Waals surface area contributed by atoms with Gasteiger partial charge in [0.25, 0.3) is 5.95 Å². The Labute approximate surface area is 164 Å². The number of aliphatic hydroxyl groups excluding tert-OH is 5. The predicted octanol–water partition coefficient (Wildman–Crippen LogP) is -3.41. The van der Waals surface area contributed by atoms with Gasteiger partial charge in [-0.05, 0) is 6.92 Å². The quantitative estimate of drug-likeness (QED) is 0.268. The summed E-state index contributed by atoms with van der Waals surface area (Å²) in [5.74, 6) is -0.240. The lowest BCUT2D eigenvalue weighted by atomic mass is 9.98. The largest absolute Gasteiger partial charge is 0.434 e. The normalized spacial score (nSPS) is 40.2. The SMILES string of the molecule is Cc1c(O[C@@H]2O[C@H](CO)[C@@H](O)[C@H](O)[C@H]2O[C@H]2OC[C@](O)(CO)[C@H]2O)occc1=O. The van der Waals surface area contributed by atoms with Gasteiger partial charge in [-0.15, -0.1) is 0 Å². The van der Waals surface area contributed by atoms with Crippen molar-refractivity contribution in [2.45, 2.75) is 55.6 Å². The van der Waals surface area contributed by atoms with Gasteiger partial charge in [0.1, 0.15) is 30.0 Å². The fourth-order valence-corrected chi connectivity index (χ4v) is 3.05. The summed E-state index contributed by atoms with van der Waals surface area (Å²) < 4.78 is 26.7. The molecule has 3 heterocycles. The molecule has 0 amide bonds. The van der Waals surface area contributed by atoms with Gasteiger partial charge in [-0.1, -0.05) is 0 Å². The molecular formula is C17H24O12. The van der Waals surface area contributed by atoms with E-state index in [4.69, 9.17) is 23.4 Å². The summed E-state index contributed by atoms with van der Waals surface area (Å²) >= 11 is 0. The Bertz CT molecular complexity index is 752. The third-order valence-electron chi connectivity index (χ3n) is 4.99. The van der Waals surface area contributed by atoms with E-state index in [9.17, 15) is 35.4 Å². The van der Waals surface area contributed by atoms with Crippen LogP contribution >= 0.6 is 0 Å². The predicted molar refractivity (Wildman–Crippen MR) is 90.8 cm³/mol. The van der Waals surface area contributed by atoms with Gasteiger partial charge in [0, 0.05) is 6.07 Å². The monoisotopic (exact) mass is 420 g/mol. The molecule has 12 heteroatoms. The van der Waals surface area contributed by atoms with Crippen molar-refractivity contribution in [2.75, 3.05) is 19.8 Å². The summed E-state index contributed by atoms with van der Waals surface area (Å²) in [6, 6.07) is 1.17. The molecule has 6 N–H and O–H groups in total. The first-order chi connectivity index (χ1) is 13.7. The molecule has 29 heavy (non-hydrogen) atoms. The van der Waals surface area contributed by atoms with Crippen molar-refractivity contribution >= 4 is 0 Å².